The summed E-state index contributed by atoms with van der Waals surface area (Å²) >= 11 is 6.34. The van der Waals surface area contributed by atoms with Crippen molar-refractivity contribution in [3.63, 3.8) is 0 Å². The van der Waals surface area contributed by atoms with Crippen molar-refractivity contribution in [3.05, 3.63) is 117 Å². The van der Waals surface area contributed by atoms with Crippen molar-refractivity contribution in [3.8, 4) is 5.75 Å². The number of hydrogen-bond donors (Lipinski definition) is 1. The van der Waals surface area contributed by atoms with E-state index in [1.807, 2.05) is 0 Å². The van der Waals surface area contributed by atoms with E-state index in [1.165, 1.54) is 44.4 Å². The summed E-state index contributed by atoms with van der Waals surface area (Å²) in [6.45, 7) is 0. The molecule has 0 aromatic heterocycles. The molecule has 3 aromatic carbocycles. The number of allylic oxidation sites excluding steroid dienone is 2. The first kappa shape index (κ1) is 28.9. The number of halogens is 2. The molecular formula is C32H28ClFN2O6. The van der Waals surface area contributed by atoms with Gasteiger partial charge < -0.3 is 19.9 Å². The SMILES string of the molecule is COC(=O)C1=C(N)N(c2cccc(F)c2)C2=C(C(=O)C(C(=O)OC)C(c3ccc(OC)cc3)C2)C1c1cccc(Cl)c1. The number of rotatable bonds is 6. The average molecular weight is 591 g/mol. The van der Waals surface area contributed by atoms with E-state index in [0.717, 1.165) is 0 Å². The third-order valence-electron chi connectivity index (χ3n) is 7.69. The Bertz CT molecular complexity index is 1630. The molecular weight excluding hydrogens is 563 g/mol. The molecule has 0 radical (unpaired) electrons. The zero-order valence-electron chi connectivity index (χ0n) is 23.1. The van der Waals surface area contributed by atoms with E-state index in [9.17, 15) is 18.8 Å². The van der Waals surface area contributed by atoms with E-state index in [-0.39, 0.29) is 23.4 Å². The molecule has 2 aliphatic rings. The lowest BCUT2D eigenvalue weighted by Gasteiger charge is -2.44. The molecule has 1 heterocycles. The number of nitrogens with zero attached hydrogens (tertiary/aromatic N) is 1. The van der Waals surface area contributed by atoms with Gasteiger partial charge in [-0.15, -0.1) is 0 Å². The largest absolute Gasteiger partial charge is 0.497 e. The standard InChI is InChI=1S/C32H28ClFN2O6/c1-40-22-12-10-17(11-13-22)23-16-24-27(29(37)26(23)31(38)41-2)25(18-6-4-7-19(33)14-18)28(32(39)42-3)30(35)36(24)21-9-5-8-20(34)15-21/h4-15,23,25-26H,16,35H2,1-3H3. The zero-order chi connectivity index (χ0) is 30.1. The molecule has 3 atom stereocenters. The highest BCUT2D eigenvalue weighted by molar-refractivity contribution is 6.30. The molecule has 0 fully saturated rings. The summed E-state index contributed by atoms with van der Waals surface area (Å²) in [4.78, 5) is 42.7. The van der Waals surface area contributed by atoms with Crippen LogP contribution in [0, 0.1) is 11.7 Å². The minimum Gasteiger partial charge on any atom is -0.497 e. The van der Waals surface area contributed by atoms with Gasteiger partial charge in [-0.25, -0.2) is 9.18 Å². The fraction of sp³-hybridized carbons (Fsp3) is 0.219. The van der Waals surface area contributed by atoms with Gasteiger partial charge in [-0.1, -0.05) is 41.9 Å². The molecule has 0 saturated heterocycles. The number of Topliss-reactive ketones (excluding diaryl/α,β-unsaturated/α-hetero) is 1. The maximum absolute atomic E-state index is 14.6. The smallest absolute Gasteiger partial charge is 0.338 e. The Balaban J connectivity index is 1.82. The topological polar surface area (TPSA) is 108 Å². The van der Waals surface area contributed by atoms with Gasteiger partial charge >= 0.3 is 11.9 Å². The van der Waals surface area contributed by atoms with E-state index in [4.69, 9.17) is 31.5 Å². The Hall–Kier alpha value is -4.63. The lowest BCUT2D eigenvalue weighted by atomic mass is 9.67. The maximum Gasteiger partial charge on any atom is 0.338 e. The lowest BCUT2D eigenvalue weighted by Crippen LogP contribution is -2.46. The monoisotopic (exact) mass is 590 g/mol. The summed E-state index contributed by atoms with van der Waals surface area (Å²) in [5, 5.41) is 0.369. The molecule has 3 unspecified atom stereocenters. The molecule has 5 rings (SSSR count). The second-order valence-electron chi connectivity index (χ2n) is 9.90. The van der Waals surface area contributed by atoms with E-state index in [2.05, 4.69) is 0 Å². The van der Waals surface area contributed by atoms with Crippen LogP contribution in [0.3, 0.4) is 0 Å². The number of ketones is 1. The first-order valence-corrected chi connectivity index (χ1v) is 13.5. The molecule has 0 saturated carbocycles. The summed E-state index contributed by atoms with van der Waals surface area (Å²) in [5.74, 6) is -4.97. The minimum absolute atomic E-state index is 0.0334. The van der Waals surface area contributed by atoms with Gasteiger partial charge in [0, 0.05) is 22.2 Å². The number of benzene rings is 3. The Labute approximate surface area is 247 Å². The fourth-order valence-corrected chi connectivity index (χ4v) is 6.03. The van der Waals surface area contributed by atoms with E-state index < -0.39 is 41.3 Å². The summed E-state index contributed by atoms with van der Waals surface area (Å²) in [5.41, 5.74) is 8.75. The van der Waals surface area contributed by atoms with E-state index in [1.54, 1.807) is 54.6 Å². The summed E-state index contributed by atoms with van der Waals surface area (Å²) in [6, 6.07) is 19.4. The van der Waals surface area contributed by atoms with Crippen molar-refractivity contribution in [2.75, 3.05) is 26.2 Å². The summed E-state index contributed by atoms with van der Waals surface area (Å²) < 4.78 is 30.1. The van der Waals surface area contributed by atoms with Crippen molar-refractivity contribution in [1.29, 1.82) is 0 Å². The first-order valence-electron chi connectivity index (χ1n) is 13.1. The van der Waals surface area contributed by atoms with Gasteiger partial charge in [-0.3, -0.25) is 14.5 Å². The van der Waals surface area contributed by atoms with Crippen LogP contribution in [0.15, 0.2) is 95.5 Å². The van der Waals surface area contributed by atoms with E-state index in [0.29, 0.717) is 33.3 Å². The molecule has 1 aliphatic carbocycles. The fourth-order valence-electron chi connectivity index (χ4n) is 5.83. The predicted octanol–water partition coefficient (Wildman–Crippen LogP) is 5.23. The van der Waals surface area contributed by atoms with Crippen molar-refractivity contribution in [2.45, 2.75) is 18.3 Å². The number of ether oxygens (including phenoxy) is 3. The van der Waals surface area contributed by atoms with Crippen LogP contribution in [-0.2, 0) is 23.9 Å². The highest BCUT2D eigenvalue weighted by Gasteiger charge is 2.51. The molecule has 1 aliphatic heterocycles. The molecule has 42 heavy (non-hydrogen) atoms. The Morgan fingerprint density at radius 3 is 2.29 bits per heavy atom. The third-order valence-corrected chi connectivity index (χ3v) is 7.93. The van der Waals surface area contributed by atoms with Gasteiger partial charge in [-0.2, -0.15) is 0 Å². The van der Waals surface area contributed by atoms with Crippen LogP contribution in [0.1, 0.15) is 29.4 Å². The van der Waals surface area contributed by atoms with Gasteiger partial charge in [-0.05, 0) is 60.0 Å². The van der Waals surface area contributed by atoms with Crippen LogP contribution in [0.4, 0.5) is 10.1 Å². The number of anilines is 1. The predicted molar refractivity (Wildman–Crippen MR) is 154 cm³/mol. The molecule has 0 bridgehead atoms. The van der Waals surface area contributed by atoms with Gasteiger partial charge in [0.25, 0.3) is 0 Å². The van der Waals surface area contributed by atoms with Crippen LogP contribution in [0.2, 0.25) is 5.02 Å². The van der Waals surface area contributed by atoms with Gasteiger partial charge in [0.1, 0.15) is 23.3 Å². The summed E-state index contributed by atoms with van der Waals surface area (Å²) in [6.07, 6.45) is 0.135. The van der Waals surface area contributed by atoms with Gasteiger partial charge in [0.05, 0.1) is 38.5 Å². The second-order valence-corrected chi connectivity index (χ2v) is 10.3. The number of carbonyl (C=O) groups excluding carboxylic acids is 3. The highest BCUT2D eigenvalue weighted by atomic mass is 35.5. The van der Waals surface area contributed by atoms with Crippen molar-refractivity contribution in [2.24, 2.45) is 11.7 Å². The van der Waals surface area contributed by atoms with Crippen LogP contribution >= 0.6 is 11.6 Å². The van der Waals surface area contributed by atoms with Crippen molar-refractivity contribution in [1.82, 2.24) is 0 Å². The summed E-state index contributed by atoms with van der Waals surface area (Å²) in [7, 11) is 3.96. The lowest BCUT2D eigenvalue weighted by molar-refractivity contribution is -0.150. The Morgan fingerprint density at radius 2 is 1.67 bits per heavy atom. The number of carbonyl (C=O) groups is 3. The number of esters is 2. The van der Waals surface area contributed by atoms with Crippen molar-refractivity contribution >= 4 is 35.0 Å². The molecule has 10 heteroatoms. The molecule has 8 nitrogen and oxygen atoms in total. The number of methoxy groups -OCH3 is 3. The Kier molecular flexibility index (Phi) is 8.04. The van der Waals surface area contributed by atoms with Crippen LogP contribution in [0.25, 0.3) is 0 Å². The average Bonchev–Trinajstić information content (AvgIpc) is 2.99. The number of nitrogens with two attached hydrogens (primary N) is 1. The molecule has 0 spiro atoms. The molecule has 3 aromatic rings. The van der Waals surface area contributed by atoms with Crippen LogP contribution in [-0.4, -0.2) is 39.1 Å². The second kappa shape index (κ2) is 11.7. The molecule has 0 amide bonds. The molecule has 216 valence electrons. The maximum atomic E-state index is 14.6. The van der Waals surface area contributed by atoms with Crippen LogP contribution < -0.4 is 15.4 Å². The zero-order valence-corrected chi connectivity index (χ0v) is 23.9. The van der Waals surface area contributed by atoms with Crippen LogP contribution in [0.5, 0.6) is 5.75 Å². The first-order chi connectivity index (χ1) is 20.2. The normalized spacial score (nSPS) is 20.3. The van der Waals surface area contributed by atoms with Crippen molar-refractivity contribution < 1.29 is 33.0 Å². The highest BCUT2D eigenvalue weighted by Crippen LogP contribution is 2.51. The van der Waals surface area contributed by atoms with Gasteiger partial charge in [0.15, 0.2) is 5.78 Å². The number of hydrogen-bond acceptors (Lipinski definition) is 8. The third kappa shape index (κ3) is 5.00. The van der Waals surface area contributed by atoms with E-state index >= 15 is 0 Å². The Morgan fingerprint density at radius 1 is 0.952 bits per heavy atom. The molecule has 2 N–H and O–H groups in total. The minimum atomic E-state index is -1.24. The quantitative estimate of drug-likeness (QED) is 0.307. The van der Waals surface area contributed by atoms with Gasteiger partial charge in [0.2, 0.25) is 0 Å².